The van der Waals surface area contributed by atoms with Crippen LogP contribution in [0, 0.1) is 17.2 Å². The standard InChI is InChI=1S/C12H13NO/c1-2-6-11(9-13)10-14-12-7-4-3-5-8-12/h2-5,7-8,11H,1,6,10H2. The van der Waals surface area contributed by atoms with Crippen LogP contribution < -0.4 is 4.74 Å². The fourth-order valence-corrected chi connectivity index (χ4v) is 1.07. The van der Waals surface area contributed by atoms with Crippen LogP contribution in [0.3, 0.4) is 0 Å². The van der Waals surface area contributed by atoms with E-state index in [1.165, 1.54) is 0 Å². The Balaban J connectivity index is 2.40. The molecule has 1 aromatic rings. The lowest BCUT2D eigenvalue weighted by molar-refractivity contribution is 0.280. The van der Waals surface area contributed by atoms with Gasteiger partial charge in [0.1, 0.15) is 12.4 Å². The highest BCUT2D eigenvalue weighted by atomic mass is 16.5. The molecule has 0 aliphatic carbocycles. The van der Waals surface area contributed by atoms with Crippen molar-refractivity contribution in [2.24, 2.45) is 5.92 Å². The Morgan fingerprint density at radius 2 is 2.14 bits per heavy atom. The number of rotatable bonds is 5. The number of allylic oxidation sites excluding steroid dienone is 1. The summed E-state index contributed by atoms with van der Waals surface area (Å²) in [6.07, 6.45) is 2.41. The number of para-hydroxylation sites is 1. The van der Waals surface area contributed by atoms with Crippen LogP contribution in [0.1, 0.15) is 6.42 Å². The fraction of sp³-hybridized carbons (Fsp3) is 0.250. The number of ether oxygens (including phenoxy) is 1. The summed E-state index contributed by atoms with van der Waals surface area (Å²) in [7, 11) is 0. The van der Waals surface area contributed by atoms with Gasteiger partial charge in [-0.2, -0.15) is 5.26 Å². The van der Waals surface area contributed by atoms with E-state index in [1.54, 1.807) is 6.08 Å². The molecular formula is C12H13NO. The lowest BCUT2D eigenvalue weighted by atomic mass is 10.1. The molecular weight excluding hydrogens is 174 g/mol. The van der Waals surface area contributed by atoms with Gasteiger partial charge in [0.15, 0.2) is 0 Å². The number of hydrogen-bond donors (Lipinski definition) is 0. The highest BCUT2D eigenvalue weighted by Crippen LogP contribution is 2.11. The van der Waals surface area contributed by atoms with Crippen molar-refractivity contribution in [3.05, 3.63) is 43.0 Å². The molecule has 0 aliphatic heterocycles. The average Bonchev–Trinajstić information content (AvgIpc) is 2.25. The molecule has 0 saturated carbocycles. The Hall–Kier alpha value is -1.75. The van der Waals surface area contributed by atoms with Crippen molar-refractivity contribution in [3.63, 3.8) is 0 Å². The van der Waals surface area contributed by atoms with Gasteiger partial charge in [0, 0.05) is 0 Å². The van der Waals surface area contributed by atoms with Gasteiger partial charge in [-0.1, -0.05) is 24.3 Å². The van der Waals surface area contributed by atoms with Gasteiger partial charge in [-0.05, 0) is 18.6 Å². The third-order valence-electron chi connectivity index (χ3n) is 1.83. The van der Waals surface area contributed by atoms with Gasteiger partial charge in [0.2, 0.25) is 0 Å². The lowest BCUT2D eigenvalue weighted by Crippen LogP contribution is -2.09. The summed E-state index contributed by atoms with van der Waals surface area (Å²) < 4.78 is 5.44. The Morgan fingerprint density at radius 3 is 2.71 bits per heavy atom. The molecule has 0 aromatic heterocycles. The van der Waals surface area contributed by atoms with Crippen molar-refractivity contribution < 1.29 is 4.74 Å². The normalized spacial score (nSPS) is 11.4. The minimum atomic E-state index is -0.104. The minimum absolute atomic E-state index is 0.104. The van der Waals surface area contributed by atoms with Gasteiger partial charge in [-0.3, -0.25) is 0 Å². The number of benzene rings is 1. The summed E-state index contributed by atoms with van der Waals surface area (Å²) in [5.74, 6) is 0.699. The Labute approximate surface area is 84.4 Å². The molecule has 0 aliphatic rings. The first-order chi connectivity index (χ1) is 6.86. The molecule has 0 fully saturated rings. The second-order valence-corrected chi connectivity index (χ2v) is 2.97. The predicted octanol–water partition coefficient (Wildman–Crippen LogP) is 2.78. The van der Waals surface area contributed by atoms with E-state index in [2.05, 4.69) is 12.6 Å². The molecule has 0 amide bonds. The van der Waals surface area contributed by atoms with E-state index in [4.69, 9.17) is 10.00 Å². The zero-order valence-electron chi connectivity index (χ0n) is 8.02. The molecule has 1 rings (SSSR count). The number of hydrogen-bond acceptors (Lipinski definition) is 2. The van der Waals surface area contributed by atoms with E-state index in [0.717, 1.165) is 5.75 Å². The van der Waals surface area contributed by atoms with E-state index < -0.39 is 0 Å². The summed E-state index contributed by atoms with van der Waals surface area (Å²) in [5, 5.41) is 8.76. The molecule has 72 valence electrons. The SMILES string of the molecule is C=CCC(C#N)COc1ccccc1. The summed E-state index contributed by atoms with van der Waals surface area (Å²) in [4.78, 5) is 0. The third-order valence-corrected chi connectivity index (χ3v) is 1.83. The Kier molecular flexibility index (Phi) is 4.30. The van der Waals surface area contributed by atoms with Gasteiger partial charge in [-0.15, -0.1) is 6.58 Å². The molecule has 14 heavy (non-hydrogen) atoms. The molecule has 0 saturated heterocycles. The molecule has 1 aromatic carbocycles. The molecule has 0 radical (unpaired) electrons. The van der Waals surface area contributed by atoms with Crippen LogP contribution in [0.25, 0.3) is 0 Å². The van der Waals surface area contributed by atoms with Crippen molar-refractivity contribution >= 4 is 0 Å². The highest BCUT2D eigenvalue weighted by molar-refractivity contribution is 5.21. The van der Waals surface area contributed by atoms with Crippen molar-refractivity contribution in [2.45, 2.75) is 6.42 Å². The second kappa shape index (κ2) is 5.82. The summed E-state index contributed by atoms with van der Waals surface area (Å²) in [6.45, 7) is 4.02. The van der Waals surface area contributed by atoms with Crippen LogP contribution in [0.2, 0.25) is 0 Å². The monoisotopic (exact) mass is 187 g/mol. The summed E-state index contributed by atoms with van der Waals surface area (Å²) in [5.41, 5.74) is 0. The Morgan fingerprint density at radius 1 is 1.43 bits per heavy atom. The Bertz CT molecular complexity index is 313. The predicted molar refractivity (Wildman–Crippen MR) is 55.9 cm³/mol. The smallest absolute Gasteiger partial charge is 0.119 e. The third kappa shape index (κ3) is 3.32. The topological polar surface area (TPSA) is 33.0 Å². The largest absolute Gasteiger partial charge is 0.492 e. The number of nitriles is 1. The zero-order chi connectivity index (χ0) is 10.2. The molecule has 1 atom stereocenters. The van der Waals surface area contributed by atoms with Crippen LogP contribution in [0.4, 0.5) is 0 Å². The first-order valence-corrected chi connectivity index (χ1v) is 4.55. The molecule has 0 N–H and O–H groups in total. The fourth-order valence-electron chi connectivity index (χ4n) is 1.07. The first-order valence-electron chi connectivity index (χ1n) is 4.55. The van der Waals surface area contributed by atoms with Gasteiger partial charge < -0.3 is 4.74 Å². The zero-order valence-corrected chi connectivity index (χ0v) is 8.02. The van der Waals surface area contributed by atoms with Gasteiger partial charge >= 0.3 is 0 Å². The molecule has 0 bridgehead atoms. The molecule has 2 nitrogen and oxygen atoms in total. The van der Waals surface area contributed by atoms with Crippen LogP contribution >= 0.6 is 0 Å². The van der Waals surface area contributed by atoms with Crippen LogP contribution in [0.15, 0.2) is 43.0 Å². The van der Waals surface area contributed by atoms with Crippen LogP contribution in [0.5, 0.6) is 5.75 Å². The number of nitrogens with zero attached hydrogens (tertiary/aromatic N) is 1. The van der Waals surface area contributed by atoms with Crippen molar-refractivity contribution in [1.82, 2.24) is 0 Å². The molecule has 1 unspecified atom stereocenters. The quantitative estimate of drug-likeness (QED) is 0.664. The van der Waals surface area contributed by atoms with E-state index in [1.807, 2.05) is 30.3 Å². The molecule has 0 heterocycles. The van der Waals surface area contributed by atoms with E-state index in [0.29, 0.717) is 13.0 Å². The van der Waals surface area contributed by atoms with E-state index in [9.17, 15) is 0 Å². The summed E-state index contributed by atoms with van der Waals surface area (Å²) >= 11 is 0. The van der Waals surface area contributed by atoms with Crippen molar-refractivity contribution in [1.29, 1.82) is 5.26 Å². The second-order valence-electron chi connectivity index (χ2n) is 2.97. The van der Waals surface area contributed by atoms with E-state index in [-0.39, 0.29) is 5.92 Å². The maximum absolute atomic E-state index is 8.76. The molecule has 0 spiro atoms. The average molecular weight is 187 g/mol. The summed E-state index contributed by atoms with van der Waals surface area (Å²) in [6, 6.07) is 11.7. The minimum Gasteiger partial charge on any atom is -0.492 e. The van der Waals surface area contributed by atoms with Crippen LogP contribution in [-0.2, 0) is 0 Å². The lowest BCUT2D eigenvalue weighted by Gasteiger charge is -2.08. The van der Waals surface area contributed by atoms with Crippen LogP contribution in [-0.4, -0.2) is 6.61 Å². The highest BCUT2D eigenvalue weighted by Gasteiger charge is 2.05. The van der Waals surface area contributed by atoms with Crippen molar-refractivity contribution in [3.8, 4) is 11.8 Å². The van der Waals surface area contributed by atoms with Gasteiger partial charge in [-0.25, -0.2) is 0 Å². The maximum Gasteiger partial charge on any atom is 0.119 e. The first kappa shape index (κ1) is 10.3. The maximum atomic E-state index is 8.76. The molecule has 2 heteroatoms. The van der Waals surface area contributed by atoms with Crippen molar-refractivity contribution in [2.75, 3.05) is 6.61 Å². The van der Waals surface area contributed by atoms with Gasteiger partial charge in [0.25, 0.3) is 0 Å². The van der Waals surface area contributed by atoms with E-state index >= 15 is 0 Å². The van der Waals surface area contributed by atoms with Gasteiger partial charge in [0.05, 0.1) is 12.0 Å².